The summed E-state index contributed by atoms with van der Waals surface area (Å²) in [6.45, 7) is 19.0. The highest BCUT2D eigenvalue weighted by Gasteiger charge is 2.29. The average Bonchev–Trinajstić information content (AvgIpc) is 2.74. The normalized spacial score (nSPS) is 12.0. The van der Waals surface area contributed by atoms with Crippen molar-refractivity contribution in [2.24, 2.45) is 0 Å². The van der Waals surface area contributed by atoms with Crippen LogP contribution in [0.15, 0.2) is 60.7 Å². The molecule has 0 saturated carbocycles. The van der Waals surface area contributed by atoms with Crippen LogP contribution in [0.3, 0.4) is 0 Å². The molecule has 0 aliphatic rings. The molecule has 2 nitrogen and oxygen atoms in total. The molecule has 0 N–H and O–H groups in total. The van der Waals surface area contributed by atoms with Gasteiger partial charge in [-0.3, -0.25) is 0 Å². The minimum atomic E-state index is -0.0345. The van der Waals surface area contributed by atoms with Crippen LogP contribution < -0.4 is 9.64 Å². The molecule has 2 heteroatoms. The number of hydrogen-bond donors (Lipinski definition) is 0. The van der Waals surface area contributed by atoms with Crippen molar-refractivity contribution >= 4 is 11.4 Å². The van der Waals surface area contributed by atoms with E-state index in [1.807, 2.05) is 7.11 Å². The van der Waals surface area contributed by atoms with Gasteiger partial charge in [0, 0.05) is 17.8 Å². The summed E-state index contributed by atoms with van der Waals surface area (Å²) in [5, 5.41) is 0. The molecule has 0 unspecified atom stereocenters. The first-order valence-electron chi connectivity index (χ1n) is 12.0. The highest BCUT2D eigenvalue weighted by molar-refractivity contribution is 5.76. The van der Waals surface area contributed by atoms with Crippen molar-refractivity contribution < 1.29 is 4.74 Å². The number of para-hydroxylation sites is 1. The van der Waals surface area contributed by atoms with Gasteiger partial charge in [0.15, 0.2) is 0 Å². The summed E-state index contributed by atoms with van der Waals surface area (Å²) >= 11 is 0. The molecule has 3 rings (SSSR count). The molecule has 176 valence electrons. The van der Waals surface area contributed by atoms with Gasteiger partial charge in [0.05, 0.1) is 12.8 Å². The van der Waals surface area contributed by atoms with Crippen LogP contribution in [-0.2, 0) is 17.3 Å². The summed E-state index contributed by atoms with van der Waals surface area (Å²) in [5.74, 6) is 0.978. The summed E-state index contributed by atoms with van der Waals surface area (Å²) in [4.78, 5) is 2.49. The van der Waals surface area contributed by atoms with Crippen molar-refractivity contribution in [3.05, 3.63) is 88.5 Å². The molecule has 0 saturated heterocycles. The van der Waals surface area contributed by atoms with E-state index in [1.165, 1.54) is 33.5 Å². The van der Waals surface area contributed by atoms with Crippen molar-refractivity contribution in [3.8, 4) is 5.75 Å². The largest absolute Gasteiger partial charge is 0.494 e. The second-order valence-electron chi connectivity index (χ2n) is 11.2. The van der Waals surface area contributed by atoms with Crippen LogP contribution in [-0.4, -0.2) is 13.7 Å². The van der Waals surface area contributed by atoms with Crippen LogP contribution in [0.2, 0.25) is 0 Å². The molecular weight excluding hydrogens is 402 g/mol. The topological polar surface area (TPSA) is 12.5 Å². The van der Waals surface area contributed by atoms with Crippen molar-refractivity contribution in [1.82, 2.24) is 0 Å². The fourth-order valence-electron chi connectivity index (χ4n) is 4.49. The molecule has 0 atom stereocenters. The van der Waals surface area contributed by atoms with Crippen LogP contribution in [0.25, 0.3) is 0 Å². The second kappa shape index (κ2) is 9.63. The van der Waals surface area contributed by atoms with Gasteiger partial charge in [0.25, 0.3) is 0 Å². The van der Waals surface area contributed by atoms with Crippen molar-refractivity contribution in [2.45, 2.75) is 72.6 Å². The van der Waals surface area contributed by atoms with E-state index in [0.717, 1.165) is 24.4 Å². The molecule has 33 heavy (non-hydrogen) atoms. The lowest BCUT2D eigenvalue weighted by molar-refractivity contribution is 0.397. The monoisotopic (exact) mass is 443 g/mol. The summed E-state index contributed by atoms with van der Waals surface area (Å²) in [6.07, 6.45) is 0.961. The number of nitrogens with zero attached hydrogens (tertiary/aromatic N) is 1. The lowest BCUT2D eigenvalue weighted by Crippen LogP contribution is -2.25. The van der Waals surface area contributed by atoms with E-state index in [-0.39, 0.29) is 10.8 Å². The van der Waals surface area contributed by atoms with Gasteiger partial charge in [-0.15, -0.1) is 0 Å². The molecule has 0 aliphatic heterocycles. The Kier molecular flexibility index (Phi) is 7.26. The third-order valence-electron chi connectivity index (χ3n) is 6.41. The molecule has 0 fully saturated rings. The fraction of sp³-hybridized carbons (Fsp3) is 0.419. The van der Waals surface area contributed by atoms with Gasteiger partial charge in [0.2, 0.25) is 0 Å². The van der Waals surface area contributed by atoms with E-state index in [0.29, 0.717) is 0 Å². The van der Waals surface area contributed by atoms with E-state index in [4.69, 9.17) is 4.74 Å². The number of hydrogen-bond acceptors (Lipinski definition) is 2. The van der Waals surface area contributed by atoms with Crippen LogP contribution >= 0.6 is 0 Å². The lowest BCUT2D eigenvalue weighted by atomic mass is 9.79. The Hall–Kier alpha value is -2.74. The van der Waals surface area contributed by atoms with E-state index in [1.54, 1.807) is 0 Å². The van der Waals surface area contributed by atoms with Crippen molar-refractivity contribution in [1.29, 1.82) is 0 Å². The van der Waals surface area contributed by atoms with E-state index in [2.05, 4.69) is 121 Å². The molecule has 0 bridgehead atoms. The van der Waals surface area contributed by atoms with Crippen LogP contribution in [0.4, 0.5) is 11.4 Å². The summed E-state index contributed by atoms with van der Waals surface area (Å²) < 4.78 is 6.16. The molecule has 3 aromatic rings. The Morgan fingerprint density at radius 2 is 1.36 bits per heavy atom. The number of methoxy groups -OCH3 is 1. The van der Waals surface area contributed by atoms with Gasteiger partial charge >= 0.3 is 0 Å². The highest BCUT2D eigenvalue weighted by atomic mass is 16.5. The van der Waals surface area contributed by atoms with Gasteiger partial charge < -0.3 is 9.64 Å². The molecule has 3 aromatic carbocycles. The number of benzene rings is 3. The molecule has 0 radical (unpaired) electrons. The van der Waals surface area contributed by atoms with Gasteiger partial charge in [-0.1, -0.05) is 96.1 Å². The summed E-state index contributed by atoms with van der Waals surface area (Å²) in [5.41, 5.74) is 8.92. The van der Waals surface area contributed by atoms with Gasteiger partial charge in [-0.25, -0.2) is 0 Å². The maximum absolute atomic E-state index is 6.16. The number of anilines is 2. The SMILES string of the molecule is COc1c(N(CCc2ccccc2)c2c(C)cccc2C)cc(C(C)(C)C)cc1C(C)(C)C. The third kappa shape index (κ3) is 5.61. The maximum Gasteiger partial charge on any atom is 0.146 e. The van der Waals surface area contributed by atoms with Gasteiger partial charge in [0.1, 0.15) is 5.75 Å². The van der Waals surface area contributed by atoms with E-state index in [9.17, 15) is 0 Å². The first-order valence-corrected chi connectivity index (χ1v) is 12.0. The lowest BCUT2D eigenvalue weighted by Gasteiger charge is -2.34. The Morgan fingerprint density at radius 1 is 0.758 bits per heavy atom. The zero-order valence-corrected chi connectivity index (χ0v) is 22.0. The molecule has 0 aromatic heterocycles. The highest BCUT2D eigenvalue weighted by Crippen LogP contribution is 2.45. The van der Waals surface area contributed by atoms with E-state index < -0.39 is 0 Å². The van der Waals surface area contributed by atoms with Crippen molar-refractivity contribution in [2.75, 3.05) is 18.6 Å². The summed E-state index contributed by atoms with van der Waals surface area (Å²) in [7, 11) is 1.81. The Bertz CT molecular complexity index is 1060. The molecule has 0 heterocycles. The predicted molar refractivity (Wildman–Crippen MR) is 143 cm³/mol. The zero-order chi connectivity index (χ0) is 24.4. The van der Waals surface area contributed by atoms with Crippen LogP contribution in [0, 0.1) is 13.8 Å². The van der Waals surface area contributed by atoms with Gasteiger partial charge in [-0.2, -0.15) is 0 Å². The quantitative estimate of drug-likeness (QED) is 0.380. The summed E-state index contributed by atoms with van der Waals surface area (Å²) in [6, 6.07) is 22.0. The minimum Gasteiger partial charge on any atom is -0.494 e. The van der Waals surface area contributed by atoms with Crippen molar-refractivity contribution in [3.63, 3.8) is 0 Å². The number of ether oxygens (including phenoxy) is 1. The maximum atomic E-state index is 6.16. The minimum absolute atomic E-state index is 0.0345. The first-order chi connectivity index (χ1) is 15.4. The average molecular weight is 444 g/mol. The fourth-order valence-corrected chi connectivity index (χ4v) is 4.49. The Balaban J connectivity index is 2.28. The standard InChI is InChI=1S/C31H41NO/c1-22-14-13-15-23(2)28(22)32(19-18-24-16-11-10-12-17-24)27-21-25(30(3,4)5)20-26(29(27)33-9)31(6,7)8/h10-17,20-21H,18-19H2,1-9H3. The van der Waals surface area contributed by atoms with E-state index >= 15 is 0 Å². The van der Waals surface area contributed by atoms with Crippen LogP contribution in [0.5, 0.6) is 5.75 Å². The molecule has 0 aliphatic carbocycles. The smallest absolute Gasteiger partial charge is 0.146 e. The third-order valence-corrected chi connectivity index (χ3v) is 6.41. The Morgan fingerprint density at radius 3 is 1.88 bits per heavy atom. The Labute approximate surface area is 201 Å². The number of rotatable bonds is 6. The molecule has 0 spiro atoms. The molecule has 0 amide bonds. The number of aryl methyl sites for hydroxylation is 2. The molecular formula is C31H41NO. The van der Waals surface area contributed by atoms with Crippen LogP contribution in [0.1, 0.15) is 69.4 Å². The zero-order valence-electron chi connectivity index (χ0n) is 22.0. The van der Waals surface area contributed by atoms with Gasteiger partial charge in [-0.05, 0) is 59.4 Å². The first kappa shape index (κ1) is 24.9. The predicted octanol–water partition coefficient (Wildman–Crippen LogP) is 8.29. The second-order valence-corrected chi connectivity index (χ2v) is 11.2.